The van der Waals surface area contributed by atoms with E-state index in [1.54, 1.807) is 0 Å². The van der Waals surface area contributed by atoms with E-state index in [4.69, 9.17) is 0 Å². The minimum absolute atomic E-state index is 1.03. The van der Waals surface area contributed by atoms with Gasteiger partial charge in [0.25, 0.3) is 0 Å². The van der Waals surface area contributed by atoms with Gasteiger partial charge in [-0.25, -0.2) is 0 Å². The molecule has 0 aliphatic heterocycles. The van der Waals surface area contributed by atoms with Crippen molar-refractivity contribution in [2.75, 3.05) is 0 Å². The van der Waals surface area contributed by atoms with Crippen molar-refractivity contribution in [2.24, 2.45) is 0 Å². The summed E-state index contributed by atoms with van der Waals surface area (Å²) in [5.41, 5.74) is 4.83. The van der Waals surface area contributed by atoms with E-state index in [1.165, 1.54) is 36.8 Å². The molecule has 0 saturated carbocycles. The van der Waals surface area contributed by atoms with E-state index in [1.807, 2.05) is 0 Å². The summed E-state index contributed by atoms with van der Waals surface area (Å²) in [6, 6.07) is 17.0. The largest absolute Gasteiger partial charge is 0.0654 e. The highest BCUT2D eigenvalue weighted by atomic mass is 14.0. The quantitative estimate of drug-likeness (QED) is 0.593. The van der Waals surface area contributed by atoms with E-state index in [0.29, 0.717) is 0 Å². The fourth-order valence-electron chi connectivity index (χ4n) is 2.48. The lowest BCUT2D eigenvalue weighted by atomic mass is 10.1. The first-order valence-corrected chi connectivity index (χ1v) is 9.01. The summed E-state index contributed by atoms with van der Waals surface area (Å²) in [4.78, 5) is 0. The molecule has 0 aliphatic rings. The Balaban J connectivity index is 1.92. The van der Waals surface area contributed by atoms with Crippen molar-refractivity contribution in [3.63, 3.8) is 0 Å². The third kappa shape index (κ3) is 6.36. The number of rotatable bonds is 6. The zero-order chi connectivity index (χ0) is 17.0. The van der Waals surface area contributed by atoms with Crippen molar-refractivity contribution in [3.8, 4) is 23.7 Å². The minimum atomic E-state index is 1.03. The van der Waals surface area contributed by atoms with Crippen LogP contribution in [-0.2, 0) is 12.8 Å². The molecule has 0 unspecified atom stereocenters. The SMILES string of the molecule is CCCCc1ccc(C#CC#Cc2ccc(CCCC)cc2)cc1. The molecule has 2 aromatic rings. The predicted molar refractivity (Wildman–Crippen MR) is 104 cm³/mol. The first-order chi connectivity index (χ1) is 11.8. The number of unbranched alkanes of at least 4 members (excludes halogenated alkanes) is 2. The molecule has 0 atom stereocenters. The van der Waals surface area contributed by atoms with E-state index in [9.17, 15) is 0 Å². The molecule has 0 aromatic heterocycles. The van der Waals surface area contributed by atoms with Gasteiger partial charge in [-0.1, -0.05) is 62.8 Å². The van der Waals surface area contributed by atoms with Crippen molar-refractivity contribution < 1.29 is 0 Å². The maximum atomic E-state index is 3.11. The second-order valence-corrected chi connectivity index (χ2v) is 6.10. The molecule has 2 rings (SSSR count). The van der Waals surface area contributed by atoms with E-state index < -0.39 is 0 Å². The van der Waals surface area contributed by atoms with Crippen LogP contribution in [0.1, 0.15) is 61.8 Å². The Hall–Kier alpha value is -2.44. The third-order valence-electron chi connectivity index (χ3n) is 4.02. The van der Waals surface area contributed by atoms with Crippen LogP contribution < -0.4 is 0 Å². The van der Waals surface area contributed by atoms with Crippen molar-refractivity contribution in [3.05, 3.63) is 70.8 Å². The van der Waals surface area contributed by atoms with Crippen molar-refractivity contribution in [1.82, 2.24) is 0 Å². The van der Waals surface area contributed by atoms with Crippen LogP contribution in [0.25, 0.3) is 0 Å². The van der Waals surface area contributed by atoms with Crippen LogP contribution in [-0.4, -0.2) is 0 Å². The first-order valence-electron chi connectivity index (χ1n) is 9.01. The molecule has 0 bridgehead atoms. The fourth-order valence-corrected chi connectivity index (χ4v) is 2.48. The van der Waals surface area contributed by atoms with Crippen molar-refractivity contribution in [2.45, 2.75) is 52.4 Å². The summed E-state index contributed by atoms with van der Waals surface area (Å²) in [6.07, 6.45) is 7.26. The van der Waals surface area contributed by atoms with Gasteiger partial charge in [-0.05, 0) is 72.9 Å². The Morgan fingerprint density at radius 1 is 0.583 bits per heavy atom. The molecular formula is C24H26. The highest BCUT2D eigenvalue weighted by Gasteiger charge is 1.93. The minimum Gasteiger partial charge on any atom is -0.0654 e. The van der Waals surface area contributed by atoms with E-state index in [2.05, 4.69) is 86.1 Å². The number of hydrogen-bond donors (Lipinski definition) is 0. The highest BCUT2D eigenvalue weighted by Crippen LogP contribution is 2.08. The zero-order valence-corrected chi connectivity index (χ0v) is 14.9. The van der Waals surface area contributed by atoms with Crippen LogP contribution >= 0.6 is 0 Å². The summed E-state index contributed by atoms with van der Waals surface area (Å²) < 4.78 is 0. The Labute approximate surface area is 147 Å². The molecule has 24 heavy (non-hydrogen) atoms. The molecule has 0 radical (unpaired) electrons. The molecular weight excluding hydrogens is 288 g/mol. The monoisotopic (exact) mass is 314 g/mol. The van der Waals surface area contributed by atoms with Crippen molar-refractivity contribution >= 4 is 0 Å². The number of hydrogen-bond acceptors (Lipinski definition) is 0. The van der Waals surface area contributed by atoms with Crippen molar-refractivity contribution in [1.29, 1.82) is 0 Å². The van der Waals surface area contributed by atoms with Gasteiger partial charge in [0.15, 0.2) is 0 Å². The Bertz CT molecular complexity index is 658. The second-order valence-electron chi connectivity index (χ2n) is 6.10. The van der Waals surface area contributed by atoms with Gasteiger partial charge < -0.3 is 0 Å². The van der Waals surface area contributed by atoms with Gasteiger partial charge >= 0.3 is 0 Å². The number of aryl methyl sites for hydroxylation is 2. The van der Waals surface area contributed by atoms with Gasteiger partial charge in [-0.15, -0.1) is 0 Å². The van der Waals surface area contributed by atoms with Gasteiger partial charge in [-0.2, -0.15) is 0 Å². The molecule has 0 heteroatoms. The normalized spacial score (nSPS) is 9.58. The maximum absolute atomic E-state index is 3.11. The van der Waals surface area contributed by atoms with Gasteiger partial charge in [0.1, 0.15) is 0 Å². The maximum Gasteiger partial charge on any atom is 0.0255 e. The average Bonchev–Trinajstić information content (AvgIpc) is 2.64. The van der Waals surface area contributed by atoms with E-state index in [-0.39, 0.29) is 0 Å². The molecule has 122 valence electrons. The molecule has 0 amide bonds. The first kappa shape index (κ1) is 17.9. The van der Waals surface area contributed by atoms with Crippen LogP contribution in [0.3, 0.4) is 0 Å². The topological polar surface area (TPSA) is 0 Å². The predicted octanol–water partition coefficient (Wildman–Crippen LogP) is 5.78. The van der Waals surface area contributed by atoms with Crippen LogP contribution in [0.15, 0.2) is 48.5 Å². The van der Waals surface area contributed by atoms with Gasteiger partial charge in [-0.3, -0.25) is 0 Å². The van der Waals surface area contributed by atoms with E-state index in [0.717, 1.165) is 24.0 Å². The lowest BCUT2D eigenvalue weighted by Crippen LogP contribution is -1.84. The molecule has 0 aliphatic carbocycles. The molecule has 0 nitrogen and oxygen atoms in total. The number of benzene rings is 2. The molecule has 0 fully saturated rings. The third-order valence-corrected chi connectivity index (χ3v) is 4.02. The highest BCUT2D eigenvalue weighted by molar-refractivity contribution is 5.45. The Kier molecular flexibility index (Phi) is 7.73. The summed E-state index contributed by atoms with van der Waals surface area (Å²) in [5.74, 6) is 12.1. The van der Waals surface area contributed by atoms with E-state index >= 15 is 0 Å². The lowest BCUT2D eigenvalue weighted by molar-refractivity contribution is 0.795. The summed E-state index contributed by atoms with van der Waals surface area (Å²) in [5, 5.41) is 0. The molecule has 0 saturated heterocycles. The Morgan fingerprint density at radius 2 is 0.958 bits per heavy atom. The molecule has 0 heterocycles. The molecule has 0 spiro atoms. The van der Waals surface area contributed by atoms with Gasteiger partial charge in [0.05, 0.1) is 0 Å². The van der Waals surface area contributed by atoms with Crippen LogP contribution in [0.2, 0.25) is 0 Å². The van der Waals surface area contributed by atoms with Crippen LogP contribution in [0.5, 0.6) is 0 Å². The average molecular weight is 314 g/mol. The molecule has 0 N–H and O–H groups in total. The zero-order valence-electron chi connectivity index (χ0n) is 14.9. The summed E-state index contributed by atoms with van der Waals surface area (Å²) in [7, 11) is 0. The van der Waals surface area contributed by atoms with Gasteiger partial charge in [0.2, 0.25) is 0 Å². The fraction of sp³-hybridized carbons (Fsp3) is 0.333. The molecule has 2 aromatic carbocycles. The standard InChI is InChI=1S/C24H26/c1-3-5-9-21-13-17-23(18-14-21)11-7-8-12-24-19-15-22(16-20-24)10-6-4-2/h13-20H,3-6,9-10H2,1-2H3. The van der Waals surface area contributed by atoms with Gasteiger partial charge in [0, 0.05) is 11.1 Å². The summed E-state index contributed by atoms with van der Waals surface area (Å²) in [6.45, 7) is 4.44. The second kappa shape index (κ2) is 10.4. The Morgan fingerprint density at radius 3 is 1.29 bits per heavy atom. The van der Waals surface area contributed by atoms with Crippen LogP contribution in [0.4, 0.5) is 0 Å². The smallest absolute Gasteiger partial charge is 0.0255 e. The lowest BCUT2D eigenvalue weighted by Gasteiger charge is -1.99. The van der Waals surface area contributed by atoms with Crippen LogP contribution in [0, 0.1) is 23.7 Å². The summed E-state index contributed by atoms with van der Waals surface area (Å²) >= 11 is 0.